The van der Waals surface area contributed by atoms with Crippen LogP contribution >= 0.6 is 11.8 Å². The summed E-state index contributed by atoms with van der Waals surface area (Å²) in [5.74, 6) is -3.06. The van der Waals surface area contributed by atoms with Crippen molar-refractivity contribution in [1.82, 2.24) is 4.98 Å². The monoisotopic (exact) mass is 349 g/mol. The van der Waals surface area contributed by atoms with Crippen LogP contribution in [0.1, 0.15) is 23.2 Å². The van der Waals surface area contributed by atoms with Gasteiger partial charge in [-0.15, -0.1) is 0 Å². The number of thioether (sulfide) groups is 1. The molecular weight excluding hydrogens is 332 g/mol. The third-order valence-corrected chi connectivity index (χ3v) is 4.54. The third kappa shape index (κ3) is 4.03. The number of alkyl halides is 2. The molecule has 126 valence electrons. The maximum absolute atomic E-state index is 12.6. The maximum atomic E-state index is 12.6. The average Bonchev–Trinajstić information content (AvgIpc) is 3.10. The largest absolute Gasteiger partial charge is 0.372 e. The minimum Gasteiger partial charge on any atom is -0.372 e. The van der Waals surface area contributed by atoms with Crippen molar-refractivity contribution in [3.05, 3.63) is 48.2 Å². The van der Waals surface area contributed by atoms with E-state index in [1.54, 1.807) is 6.07 Å². The number of hydrogen-bond donors (Lipinski definition) is 1. The van der Waals surface area contributed by atoms with Crippen LogP contribution in [0.2, 0.25) is 0 Å². The van der Waals surface area contributed by atoms with Gasteiger partial charge in [-0.25, -0.2) is 4.98 Å². The van der Waals surface area contributed by atoms with Crippen molar-refractivity contribution >= 4 is 29.0 Å². The molecule has 1 fully saturated rings. The highest BCUT2D eigenvalue weighted by Crippen LogP contribution is 2.27. The quantitative estimate of drug-likeness (QED) is 0.820. The molecule has 0 radical (unpaired) electrons. The molecule has 1 aliphatic rings. The van der Waals surface area contributed by atoms with E-state index < -0.39 is 11.7 Å². The summed E-state index contributed by atoms with van der Waals surface area (Å²) in [4.78, 5) is 18.5. The summed E-state index contributed by atoms with van der Waals surface area (Å²) in [6.45, 7) is 2.10. The number of carbonyl (C=O) groups excluding carboxylic acids is 1. The van der Waals surface area contributed by atoms with Gasteiger partial charge in [-0.2, -0.15) is 8.78 Å². The van der Waals surface area contributed by atoms with Gasteiger partial charge in [0.1, 0.15) is 5.03 Å². The second kappa shape index (κ2) is 7.61. The molecule has 0 spiro atoms. The Morgan fingerprint density at radius 1 is 1.17 bits per heavy atom. The molecule has 1 N–H and O–H groups in total. The number of benzene rings is 1. The lowest BCUT2D eigenvalue weighted by molar-refractivity contribution is 0.102. The van der Waals surface area contributed by atoms with Gasteiger partial charge in [0.15, 0.2) is 0 Å². The zero-order chi connectivity index (χ0) is 16.9. The van der Waals surface area contributed by atoms with E-state index in [1.165, 1.54) is 25.1 Å². The molecule has 24 heavy (non-hydrogen) atoms. The molecule has 0 aliphatic carbocycles. The van der Waals surface area contributed by atoms with Crippen LogP contribution in [0, 0.1) is 0 Å². The van der Waals surface area contributed by atoms with Crippen molar-refractivity contribution in [1.29, 1.82) is 0 Å². The number of pyridine rings is 1. The van der Waals surface area contributed by atoms with E-state index in [4.69, 9.17) is 0 Å². The van der Waals surface area contributed by atoms with Gasteiger partial charge in [-0.1, -0.05) is 0 Å². The molecule has 4 nitrogen and oxygen atoms in total. The van der Waals surface area contributed by atoms with E-state index in [9.17, 15) is 13.6 Å². The molecule has 2 aromatic rings. The lowest BCUT2D eigenvalue weighted by Crippen LogP contribution is -2.17. The van der Waals surface area contributed by atoms with Crippen LogP contribution in [0.15, 0.2) is 47.6 Å². The van der Waals surface area contributed by atoms with Crippen molar-refractivity contribution in [2.75, 3.05) is 23.3 Å². The molecule has 3 rings (SSSR count). The predicted octanol–water partition coefficient (Wildman–Crippen LogP) is 4.25. The SMILES string of the molecule is O=C(Nc1ccc(N2CCCC2)cc1)c1cccnc1SC(F)F. The molecule has 0 unspecified atom stereocenters. The summed E-state index contributed by atoms with van der Waals surface area (Å²) >= 11 is 0.271. The smallest absolute Gasteiger partial charge is 0.290 e. The molecule has 7 heteroatoms. The number of nitrogens with zero attached hydrogens (tertiary/aromatic N) is 2. The Kier molecular flexibility index (Phi) is 5.30. The molecule has 1 aromatic carbocycles. The highest BCUT2D eigenvalue weighted by atomic mass is 32.2. The van der Waals surface area contributed by atoms with Crippen LogP contribution in [0.25, 0.3) is 0 Å². The molecule has 0 saturated carbocycles. The number of rotatable bonds is 5. The Bertz CT molecular complexity index is 703. The first-order chi connectivity index (χ1) is 11.6. The topological polar surface area (TPSA) is 45.2 Å². The second-order valence-corrected chi connectivity index (χ2v) is 6.41. The van der Waals surface area contributed by atoms with E-state index in [1.807, 2.05) is 24.3 Å². The maximum Gasteiger partial charge on any atom is 0.290 e. The Hall–Kier alpha value is -2.15. The number of halogens is 2. The van der Waals surface area contributed by atoms with Crippen molar-refractivity contribution in [2.24, 2.45) is 0 Å². The van der Waals surface area contributed by atoms with Gasteiger partial charge in [-0.05, 0) is 61.0 Å². The number of hydrogen-bond acceptors (Lipinski definition) is 4. The zero-order valence-corrected chi connectivity index (χ0v) is 13.7. The first-order valence-corrected chi connectivity index (χ1v) is 8.57. The number of anilines is 2. The lowest BCUT2D eigenvalue weighted by atomic mass is 10.2. The van der Waals surface area contributed by atoms with Crippen molar-refractivity contribution < 1.29 is 13.6 Å². The van der Waals surface area contributed by atoms with E-state index in [2.05, 4.69) is 15.2 Å². The first kappa shape index (κ1) is 16.7. The number of carbonyl (C=O) groups is 1. The van der Waals surface area contributed by atoms with Crippen molar-refractivity contribution in [3.63, 3.8) is 0 Å². The third-order valence-electron chi connectivity index (χ3n) is 3.81. The fraction of sp³-hybridized carbons (Fsp3) is 0.294. The zero-order valence-electron chi connectivity index (χ0n) is 12.9. The average molecular weight is 349 g/mol. The molecule has 1 saturated heterocycles. The number of aromatic nitrogens is 1. The van der Waals surface area contributed by atoms with Gasteiger partial charge in [-0.3, -0.25) is 4.79 Å². The number of nitrogens with one attached hydrogen (secondary N) is 1. The Balaban J connectivity index is 1.70. The van der Waals surface area contributed by atoms with Crippen LogP contribution < -0.4 is 10.2 Å². The van der Waals surface area contributed by atoms with Crippen LogP contribution in [0.3, 0.4) is 0 Å². The van der Waals surface area contributed by atoms with Gasteiger partial charge < -0.3 is 10.2 Å². The fourth-order valence-electron chi connectivity index (χ4n) is 2.67. The summed E-state index contributed by atoms with van der Waals surface area (Å²) in [7, 11) is 0. The van der Waals surface area contributed by atoms with Gasteiger partial charge in [0.05, 0.1) is 5.56 Å². The van der Waals surface area contributed by atoms with E-state index in [-0.39, 0.29) is 22.4 Å². The van der Waals surface area contributed by atoms with Crippen LogP contribution in [0.5, 0.6) is 0 Å². The highest BCUT2D eigenvalue weighted by Gasteiger charge is 2.17. The van der Waals surface area contributed by atoms with Gasteiger partial charge >= 0.3 is 0 Å². The summed E-state index contributed by atoms with van der Waals surface area (Å²) in [6, 6.07) is 10.6. The highest BCUT2D eigenvalue weighted by molar-refractivity contribution is 7.99. The summed E-state index contributed by atoms with van der Waals surface area (Å²) in [5, 5.41) is 2.76. The Morgan fingerprint density at radius 2 is 1.88 bits per heavy atom. The minimum absolute atomic E-state index is 0.0266. The number of amides is 1. The predicted molar refractivity (Wildman–Crippen MR) is 91.9 cm³/mol. The Labute approximate surface area is 143 Å². The van der Waals surface area contributed by atoms with Crippen molar-refractivity contribution in [3.8, 4) is 0 Å². The van der Waals surface area contributed by atoms with Crippen molar-refractivity contribution in [2.45, 2.75) is 23.6 Å². The molecule has 1 aromatic heterocycles. The van der Waals surface area contributed by atoms with Gasteiger partial charge in [0.25, 0.3) is 11.7 Å². The molecule has 0 bridgehead atoms. The second-order valence-electron chi connectivity index (χ2n) is 5.43. The summed E-state index contributed by atoms with van der Waals surface area (Å²) in [6.07, 6.45) is 3.79. The first-order valence-electron chi connectivity index (χ1n) is 7.69. The van der Waals surface area contributed by atoms with Gasteiger partial charge in [0, 0.05) is 30.7 Å². The lowest BCUT2D eigenvalue weighted by Gasteiger charge is -2.17. The Morgan fingerprint density at radius 3 is 2.54 bits per heavy atom. The van der Waals surface area contributed by atoms with E-state index >= 15 is 0 Å². The molecule has 2 heterocycles. The standard InChI is InChI=1S/C17H17F2N3OS/c18-17(19)24-16-14(4-3-9-20-16)15(23)21-12-5-7-13(8-6-12)22-10-1-2-11-22/h3-9,17H,1-2,10-11H2,(H,21,23). The van der Waals surface area contributed by atoms with Crippen LogP contribution in [0.4, 0.5) is 20.2 Å². The summed E-state index contributed by atoms with van der Waals surface area (Å²) in [5.41, 5.74) is 1.90. The normalized spacial score (nSPS) is 14.2. The molecule has 1 aliphatic heterocycles. The summed E-state index contributed by atoms with van der Waals surface area (Å²) < 4.78 is 25.1. The molecular formula is C17H17F2N3OS. The molecule has 1 amide bonds. The van der Waals surface area contributed by atoms with Crippen LogP contribution in [-0.4, -0.2) is 29.7 Å². The van der Waals surface area contributed by atoms with Crippen LogP contribution in [-0.2, 0) is 0 Å². The van der Waals surface area contributed by atoms with E-state index in [0.717, 1.165) is 18.8 Å². The van der Waals surface area contributed by atoms with E-state index in [0.29, 0.717) is 5.69 Å². The molecule has 0 atom stereocenters. The minimum atomic E-state index is -2.62. The fourth-order valence-corrected chi connectivity index (χ4v) is 3.25. The van der Waals surface area contributed by atoms with Gasteiger partial charge in [0.2, 0.25) is 0 Å².